The summed E-state index contributed by atoms with van der Waals surface area (Å²) < 4.78 is 11.3. The molecule has 0 aromatic carbocycles. The molecule has 0 amide bonds. The summed E-state index contributed by atoms with van der Waals surface area (Å²) in [5, 5.41) is 9.60. The van der Waals surface area contributed by atoms with Gasteiger partial charge in [-0.25, -0.2) is 0 Å². The molecule has 7 unspecified atom stereocenters. The second kappa shape index (κ2) is 3.98. The summed E-state index contributed by atoms with van der Waals surface area (Å²) in [6.07, 6.45) is 7.55. The van der Waals surface area contributed by atoms with Gasteiger partial charge in [-0.2, -0.15) is 0 Å². The Morgan fingerprint density at radius 2 is 1.85 bits per heavy atom. The molecule has 2 saturated heterocycles. The van der Waals surface area contributed by atoms with Crippen LogP contribution in [0.15, 0.2) is 0 Å². The summed E-state index contributed by atoms with van der Waals surface area (Å²) in [4.78, 5) is 11.7. The quantitative estimate of drug-likeness (QED) is 0.807. The van der Waals surface area contributed by atoms with Gasteiger partial charge in [-0.15, -0.1) is 0 Å². The summed E-state index contributed by atoms with van der Waals surface area (Å²) in [5.74, 6) is -0.887. The maximum Gasteiger partial charge on any atom is 0.307 e. The zero-order chi connectivity index (χ0) is 14.1. The van der Waals surface area contributed by atoms with Crippen LogP contribution in [-0.4, -0.2) is 35.5 Å². The van der Waals surface area contributed by atoms with Crippen molar-refractivity contribution >= 4 is 5.97 Å². The monoisotopic (exact) mass is 280 g/mol. The fraction of sp³-hybridized carbons (Fsp3) is 0.938. The Bertz CT molecular complexity index is 450. The summed E-state index contributed by atoms with van der Waals surface area (Å²) in [5.41, 5.74) is 0.113. The highest BCUT2D eigenvalue weighted by molar-refractivity contribution is 5.71. The molecule has 0 aromatic rings. The van der Waals surface area contributed by atoms with Gasteiger partial charge in [0.1, 0.15) is 0 Å². The number of ether oxygens (including phenoxy) is 2. The van der Waals surface area contributed by atoms with E-state index >= 15 is 0 Å². The molecule has 0 bridgehead atoms. The number of aliphatic carboxylic acids is 1. The minimum Gasteiger partial charge on any atom is -0.481 e. The third kappa shape index (κ3) is 2.08. The Hall–Kier alpha value is -0.610. The summed E-state index contributed by atoms with van der Waals surface area (Å²) in [6, 6.07) is 0. The van der Waals surface area contributed by atoms with Crippen molar-refractivity contribution in [3.8, 4) is 0 Å². The van der Waals surface area contributed by atoms with Crippen LogP contribution in [0, 0.1) is 16.7 Å². The molecule has 2 aliphatic heterocycles. The van der Waals surface area contributed by atoms with Gasteiger partial charge >= 0.3 is 5.97 Å². The molecule has 1 N–H and O–H groups in total. The first-order valence-corrected chi connectivity index (χ1v) is 7.92. The molecule has 0 aromatic heterocycles. The van der Waals surface area contributed by atoms with E-state index in [9.17, 15) is 9.90 Å². The number of rotatable bonds is 3. The number of hydrogen-bond acceptors (Lipinski definition) is 3. The number of carbonyl (C=O) groups is 1. The van der Waals surface area contributed by atoms with Crippen molar-refractivity contribution in [2.24, 2.45) is 16.7 Å². The van der Waals surface area contributed by atoms with E-state index in [-0.39, 0.29) is 22.9 Å². The first-order chi connectivity index (χ1) is 9.39. The number of carboxylic acid groups (broad SMARTS) is 1. The van der Waals surface area contributed by atoms with Crippen LogP contribution >= 0.6 is 0 Å². The molecule has 4 rings (SSSR count). The predicted octanol–water partition coefficient (Wildman–Crippen LogP) is 2.60. The van der Waals surface area contributed by atoms with Crippen molar-refractivity contribution in [1.29, 1.82) is 0 Å². The van der Waals surface area contributed by atoms with Gasteiger partial charge in [0, 0.05) is 0 Å². The minimum absolute atomic E-state index is 0.125. The van der Waals surface area contributed by atoms with E-state index in [4.69, 9.17) is 9.47 Å². The lowest BCUT2D eigenvalue weighted by molar-refractivity contribution is -0.149. The van der Waals surface area contributed by atoms with Gasteiger partial charge in [-0.3, -0.25) is 4.79 Å². The van der Waals surface area contributed by atoms with E-state index in [1.165, 1.54) is 6.42 Å². The Morgan fingerprint density at radius 3 is 2.55 bits per heavy atom. The van der Waals surface area contributed by atoms with Crippen LogP contribution in [0.1, 0.15) is 52.4 Å². The molecule has 112 valence electrons. The van der Waals surface area contributed by atoms with Gasteiger partial charge in [0.2, 0.25) is 0 Å². The van der Waals surface area contributed by atoms with Crippen LogP contribution < -0.4 is 0 Å². The average molecular weight is 280 g/mol. The molecule has 2 heterocycles. The molecular formula is C16H24O4. The van der Waals surface area contributed by atoms with Crippen LogP contribution in [-0.2, 0) is 14.3 Å². The van der Waals surface area contributed by atoms with E-state index in [1.807, 2.05) is 0 Å². The molecule has 2 saturated carbocycles. The van der Waals surface area contributed by atoms with Crippen LogP contribution in [0.3, 0.4) is 0 Å². The van der Waals surface area contributed by atoms with E-state index in [2.05, 4.69) is 13.8 Å². The van der Waals surface area contributed by atoms with Crippen molar-refractivity contribution in [3.05, 3.63) is 0 Å². The number of fused-ring (bicyclic) bond motifs is 2. The van der Waals surface area contributed by atoms with Gasteiger partial charge in [-0.1, -0.05) is 13.8 Å². The first kappa shape index (κ1) is 13.1. The molecule has 0 radical (unpaired) electrons. The molecule has 4 nitrogen and oxygen atoms in total. The summed E-state index contributed by atoms with van der Waals surface area (Å²) >= 11 is 0. The Kier molecular flexibility index (Phi) is 2.60. The molecule has 20 heavy (non-hydrogen) atoms. The zero-order valence-electron chi connectivity index (χ0n) is 12.3. The number of epoxide rings is 2. The van der Waals surface area contributed by atoms with Crippen molar-refractivity contribution in [2.75, 3.05) is 0 Å². The molecule has 0 spiro atoms. The van der Waals surface area contributed by atoms with Crippen LogP contribution in [0.2, 0.25) is 0 Å². The lowest BCUT2D eigenvalue weighted by Crippen LogP contribution is -2.43. The SMILES string of the molecule is CC1(CC2(C)CC3OC3CC2C(=O)O)CCC2OC2C1. The van der Waals surface area contributed by atoms with Crippen molar-refractivity contribution in [2.45, 2.75) is 76.8 Å². The highest BCUT2D eigenvalue weighted by Crippen LogP contribution is 2.58. The first-order valence-electron chi connectivity index (χ1n) is 7.92. The molecule has 4 aliphatic rings. The van der Waals surface area contributed by atoms with Crippen molar-refractivity contribution in [1.82, 2.24) is 0 Å². The van der Waals surface area contributed by atoms with Gasteiger partial charge < -0.3 is 14.6 Å². The smallest absolute Gasteiger partial charge is 0.307 e. The van der Waals surface area contributed by atoms with E-state index < -0.39 is 5.97 Å². The van der Waals surface area contributed by atoms with Crippen LogP contribution in [0.4, 0.5) is 0 Å². The van der Waals surface area contributed by atoms with Crippen molar-refractivity contribution in [3.63, 3.8) is 0 Å². The Balaban J connectivity index is 1.53. The summed E-state index contributed by atoms with van der Waals surface area (Å²) in [6.45, 7) is 4.50. The second-order valence-corrected chi connectivity index (χ2v) is 8.14. The highest BCUT2D eigenvalue weighted by atomic mass is 16.6. The predicted molar refractivity (Wildman–Crippen MR) is 72.4 cm³/mol. The molecule has 2 aliphatic carbocycles. The van der Waals surface area contributed by atoms with Gasteiger partial charge in [0.15, 0.2) is 0 Å². The maximum atomic E-state index is 11.7. The maximum absolute atomic E-state index is 11.7. The number of hydrogen-bond donors (Lipinski definition) is 1. The Morgan fingerprint density at radius 1 is 1.15 bits per heavy atom. The molecule has 4 fully saturated rings. The van der Waals surface area contributed by atoms with Crippen molar-refractivity contribution < 1.29 is 19.4 Å². The average Bonchev–Trinajstić information content (AvgIpc) is 3.20. The topological polar surface area (TPSA) is 62.4 Å². The molecule has 4 heteroatoms. The third-order valence-electron chi connectivity index (χ3n) is 6.21. The molecule has 7 atom stereocenters. The standard InChI is InChI=1S/C16H24O4/c1-15(4-3-10-12(6-15)19-10)8-16(2)7-13-11(20-13)5-9(16)14(17)18/h9-13H,3-8H2,1-2H3,(H,17,18). The number of carboxylic acids is 1. The van der Waals surface area contributed by atoms with Crippen LogP contribution in [0.5, 0.6) is 0 Å². The lowest BCUT2D eigenvalue weighted by Gasteiger charge is -2.45. The van der Waals surface area contributed by atoms with Crippen LogP contribution in [0.25, 0.3) is 0 Å². The summed E-state index contributed by atoms with van der Waals surface area (Å²) in [7, 11) is 0. The van der Waals surface area contributed by atoms with E-state index in [0.717, 1.165) is 25.7 Å². The fourth-order valence-corrected chi connectivity index (χ4v) is 5.11. The normalized spacial score (nSPS) is 56.6. The third-order valence-corrected chi connectivity index (χ3v) is 6.21. The zero-order valence-corrected chi connectivity index (χ0v) is 12.3. The minimum atomic E-state index is -0.638. The van der Waals surface area contributed by atoms with Gasteiger partial charge in [0.05, 0.1) is 30.3 Å². The Labute approximate surface area is 119 Å². The second-order valence-electron chi connectivity index (χ2n) is 8.14. The fourth-order valence-electron chi connectivity index (χ4n) is 5.11. The largest absolute Gasteiger partial charge is 0.481 e. The lowest BCUT2D eigenvalue weighted by atomic mass is 9.58. The van der Waals surface area contributed by atoms with Gasteiger partial charge in [0.25, 0.3) is 0 Å². The molecular weight excluding hydrogens is 256 g/mol. The van der Waals surface area contributed by atoms with E-state index in [0.29, 0.717) is 24.7 Å². The highest BCUT2D eigenvalue weighted by Gasteiger charge is 2.58. The van der Waals surface area contributed by atoms with Gasteiger partial charge in [-0.05, 0) is 49.4 Å². The van der Waals surface area contributed by atoms with E-state index in [1.54, 1.807) is 0 Å².